The summed E-state index contributed by atoms with van der Waals surface area (Å²) in [6, 6.07) is 4.16. The summed E-state index contributed by atoms with van der Waals surface area (Å²) in [6.07, 6.45) is -3.28. The van der Waals surface area contributed by atoms with Crippen molar-refractivity contribution in [3.8, 4) is 0 Å². The molecule has 1 atom stereocenters. The summed E-state index contributed by atoms with van der Waals surface area (Å²) in [6.45, 7) is 2.14. The molecule has 2 aliphatic heterocycles. The summed E-state index contributed by atoms with van der Waals surface area (Å²) >= 11 is 0. The van der Waals surface area contributed by atoms with Gasteiger partial charge in [0.1, 0.15) is 11.9 Å². The second-order valence-electron chi connectivity index (χ2n) is 8.24. The summed E-state index contributed by atoms with van der Waals surface area (Å²) in [5.74, 6) is -2.74. The van der Waals surface area contributed by atoms with Crippen LogP contribution < -0.4 is 9.80 Å². The molecule has 17 heteroatoms. The number of carbonyl (C=O) groups is 3. The van der Waals surface area contributed by atoms with Crippen LogP contribution in [-0.2, 0) is 28.2 Å². The molecule has 14 nitrogen and oxygen atoms in total. The second kappa shape index (κ2) is 10.9. The van der Waals surface area contributed by atoms with Crippen molar-refractivity contribution in [3.05, 3.63) is 24.0 Å². The molecule has 0 aromatic heterocycles. The van der Waals surface area contributed by atoms with Crippen molar-refractivity contribution in [2.24, 2.45) is 0 Å². The predicted octanol–water partition coefficient (Wildman–Crippen LogP) is 0.434. The fourth-order valence-electron chi connectivity index (χ4n) is 3.86. The van der Waals surface area contributed by atoms with Crippen LogP contribution in [0.2, 0.25) is 0 Å². The van der Waals surface area contributed by atoms with Gasteiger partial charge in [-0.15, -0.1) is 0 Å². The van der Waals surface area contributed by atoms with Crippen LogP contribution in [0.25, 0.3) is 0 Å². The molecule has 2 aliphatic rings. The number of rotatable bonds is 8. The van der Waals surface area contributed by atoms with Gasteiger partial charge >= 0.3 is 21.3 Å². The van der Waals surface area contributed by atoms with Crippen molar-refractivity contribution in [2.75, 3.05) is 49.2 Å². The van der Waals surface area contributed by atoms with E-state index in [4.69, 9.17) is 9.47 Å². The standard InChI is InChI=1S/C19H26FN3O11P2/c1-12(24)22(17(25)9-18(35(27,28)29)36(30,31)32)10-14-11-23(19(26)34-14)13-2-3-16(15(20)8-13)21-4-6-33-7-5-21/h2-3,8,14,18H,4-7,9-11H2,1H3,(H2,27,28,29)(H2,30,31,32)/t14-/m0/s1. The average Bonchev–Trinajstić information content (AvgIpc) is 3.14. The molecule has 0 unspecified atom stereocenters. The summed E-state index contributed by atoms with van der Waals surface area (Å²) in [5.41, 5.74) is 0.505. The van der Waals surface area contributed by atoms with Gasteiger partial charge in [0, 0.05) is 20.0 Å². The van der Waals surface area contributed by atoms with Gasteiger partial charge in [0.05, 0.1) is 44.1 Å². The molecule has 2 saturated heterocycles. The van der Waals surface area contributed by atoms with Crippen LogP contribution in [0.1, 0.15) is 13.3 Å². The highest BCUT2D eigenvalue weighted by Crippen LogP contribution is 2.61. The van der Waals surface area contributed by atoms with Crippen LogP contribution in [0, 0.1) is 5.82 Å². The average molecular weight is 553 g/mol. The van der Waals surface area contributed by atoms with Crippen LogP contribution in [0.4, 0.5) is 20.6 Å². The molecule has 4 N–H and O–H groups in total. The number of anilines is 2. The molecule has 36 heavy (non-hydrogen) atoms. The lowest BCUT2D eigenvalue weighted by Gasteiger charge is -2.29. The number of morpholine rings is 1. The van der Waals surface area contributed by atoms with Crippen LogP contribution in [-0.4, -0.2) is 93.3 Å². The number of carbonyl (C=O) groups excluding carboxylic acids is 3. The predicted molar refractivity (Wildman–Crippen MR) is 122 cm³/mol. The van der Waals surface area contributed by atoms with Crippen molar-refractivity contribution in [1.82, 2.24) is 4.90 Å². The molecule has 2 heterocycles. The minimum absolute atomic E-state index is 0.167. The van der Waals surface area contributed by atoms with Gasteiger partial charge in [0.2, 0.25) is 11.8 Å². The zero-order valence-electron chi connectivity index (χ0n) is 19.1. The number of amides is 3. The van der Waals surface area contributed by atoms with Gasteiger partial charge in [-0.05, 0) is 18.2 Å². The van der Waals surface area contributed by atoms with Crippen molar-refractivity contribution < 1.29 is 57.0 Å². The summed E-state index contributed by atoms with van der Waals surface area (Å²) in [4.78, 5) is 77.3. The second-order valence-corrected chi connectivity index (χ2v) is 12.2. The number of nitrogens with zero attached hydrogens (tertiary/aromatic N) is 3. The van der Waals surface area contributed by atoms with E-state index in [0.717, 1.165) is 17.9 Å². The molecule has 0 bridgehead atoms. The zero-order chi connectivity index (χ0) is 26.8. The molecule has 3 amide bonds. The minimum Gasteiger partial charge on any atom is -0.442 e. The lowest BCUT2D eigenvalue weighted by Crippen LogP contribution is -2.43. The SMILES string of the molecule is CC(=O)N(C[C@H]1CN(c2ccc(N3CCOCC3)c(F)c2)C(=O)O1)C(=O)CC(P(=O)(O)O)P(=O)(O)O. The summed E-state index contributed by atoms with van der Waals surface area (Å²) in [5, 5.41) is -2.63. The Labute approximate surface area is 204 Å². The van der Waals surface area contributed by atoms with Crippen LogP contribution in [0.15, 0.2) is 18.2 Å². The van der Waals surface area contributed by atoms with Gasteiger partial charge < -0.3 is 33.9 Å². The van der Waals surface area contributed by atoms with E-state index in [1.165, 1.54) is 12.1 Å². The lowest BCUT2D eigenvalue weighted by molar-refractivity contribution is -0.144. The zero-order valence-corrected chi connectivity index (χ0v) is 20.9. The first-order valence-electron chi connectivity index (χ1n) is 10.7. The van der Waals surface area contributed by atoms with E-state index < -0.39 is 63.4 Å². The van der Waals surface area contributed by atoms with Crippen molar-refractivity contribution >= 4 is 44.5 Å². The van der Waals surface area contributed by atoms with Gasteiger partial charge in [0.25, 0.3) is 0 Å². The molecule has 3 rings (SSSR count). The molecular weight excluding hydrogens is 527 g/mol. The van der Waals surface area contributed by atoms with E-state index >= 15 is 0 Å². The number of cyclic esters (lactones) is 1. The third-order valence-electron chi connectivity index (χ3n) is 5.67. The van der Waals surface area contributed by atoms with Crippen molar-refractivity contribution in [3.63, 3.8) is 0 Å². The van der Waals surface area contributed by atoms with E-state index in [2.05, 4.69) is 0 Å². The molecule has 0 spiro atoms. The van der Waals surface area contributed by atoms with Crippen LogP contribution in [0.5, 0.6) is 0 Å². The number of hydrogen-bond acceptors (Lipinski definition) is 8. The Morgan fingerprint density at radius 2 is 1.78 bits per heavy atom. The highest BCUT2D eigenvalue weighted by molar-refractivity contribution is 7.70. The molecule has 1 aromatic rings. The minimum atomic E-state index is -5.40. The van der Waals surface area contributed by atoms with E-state index in [0.29, 0.717) is 36.9 Å². The van der Waals surface area contributed by atoms with E-state index in [-0.39, 0.29) is 12.2 Å². The molecule has 0 aliphatic carbocycles. The fraction of sp³-hybridized carbons (Fsp3) is 0.526. The molecule has 1 aromatic carbocycles. The monoisotopic (exact) mass is 553 g/mol. The third-order valence-corrected chi connectivity index (χ3v) is 9.39. The number of ether oxygens (including phenoxy) is 2. The maximum atomic E-state index is 14.8. The number of hydrogen-bond donors (Lipinski definition) is 4. The first-order chi connectivity index (χ1) is 16.7. The van der Waals surface area contributed by atoms with E-state index in [1.807, 2.05) is 0 Å². The van der Waals surface area contributed by atoms with Crippen LogP contribution in [0.3, 0.4) is 0 Å². The quantitative estimate of drug-likeness (QED) is 0.325. The third kappa shape index (κ3) is 6.68. The highest BCUT2D eigenvalue weighted by atomic mass is 31.2. The molecular formula is C19H26FN3O11P2. The smallest absolute Gasteiger partial charge is 0.414 e. The molecule has 0 saturated carbocycles. The van der Waals surface area contributed by atoms with Gasteiger partial charge in [0.15, 0.2) is 5.40 Å². The maximum absolute atomic E-state index is 14.8. The number of imide groups is 1. The van der Waals surface area contributed by atoms with Gasteiger partial charge in [-0.2, -0.15) is 0 Å². The largest absolute Gasteiger partial charge is 0.442 e. The Balaban J connectivity index is 1.71. The Morgan fingerprint density at radius 3 is 2.31 bits per heavy atom. The van der Waals surface area contributed by atoms with Crippen molar-refractivity contribution in [1.29, 1.82) is 0 Å². The summed E-state index contributed by atoms with van der Waals surface area (Å²) in [7, 11) is -10.8. The topological polar surface area (TPSA) is 194 Å². The van der Waals surface area contributed by atoms with Crippen molar-refractivity contribution in [2.45, 2.75) is 24.8 Å². The Bertz CT molecular complexity index is 1100. The molecule has 200 valence electrons. The fourth-order valence-corrected chi connectivity index (χ4v) is 6.22. The van der Waals surface area contributed by atoms with Gasteiger partial charge in [-0.3, -0.25) is 28.5 Å². The lowest BCUT2D eigenvalue weighted by atomic mass is 10.2. The Hall–Kier alpha value is -2.38. The first-order valence-corrected chi connectivity index (χ1v) is 14.1. The van der Waals surface area contributed by atoms with Gasteiger partial charge in [-0.25, -0.2) is 9.18 Å². The Morgan fingerprint density at radius 1 is 1.17 bits per heavy atom. The maximum Gasteiger partial charge on any atom is 0.414 e. The van der Waals surface area contributed by atoms with E-state index in [1.54, 1.807) is 4.90 Å². The molecule has 2 fully saturated rings. The highest BCUT2D eigenvalue weighted by Gasteiger charge is 2.46. The normalized spacial score (nSPS) is 19.0. The van der Waals surface area contributed by atoms with Gasteiger partial charge in [-0.1, -0.05) is 0 Å². The van der Waals surface area contributed by atoms with Crippen LogP contribution >= 0.6 is 15.2 Å². The van der Waals surface area contributed by atoms with E-state index in [9.17, 15) is 47.5 Å². The Kier molecular flexibility index (Phi) is 8.56. The number of halogens is 1. The first kappa shape index (κ1) is 28.2. The molecule has 0 radical (unpaired) electrons. The summed E-state index contributed by atoms with van der Waals surface area (Å²) < 4.78 is 48.1. The number of benzene rings is 1.